The first-order chi connectivity index (χ1) is 14.3. The molecule has 10 atom stereocenters. The maximum absolute atomic E-state index is 10.9. The number of rotatable bonds is 0. The van der Waals surface area contributed by atoms with E-state index in [2.05, 4.69) is 61.5 Å². The monoisotopic (exact) mass is 426 g/mol. The van der Waals surface area contributed by atoms with E-state index in [4.69, 9.17) is 0 Å². The molecule has 0 radical (unpaired) electrons. The minimum atomic E-state index is -0.116. The third-order valence-corrected chi connectivity index (χ3v) is 13.5. The average molecular weight is 427 g/mol. The van der Waals surface area contributed by atoms with E-state index in [1.165, 1.54) is 51.4 Å². The molecule has 0 aromatic heterocycles. The summed E-state index contributed by atoms with van der Waals surface area (Å²) in [6.45, 7) is 20.5. The molecule has 4 saturated carbocycles. The van der Waals surface area contributed by atoms with E-state index < -0.39 is 0 Å². The summed E-state index contributed by atoms with van der Waals surface area (Å²) < 4.78 is 0. The van der Waals surface area contributed by atoms with Gasteiger partial charge in [-0.3, -0.25) is 0 Å². The van der Waals surface area contributed by atoms with Crippen LogP contribution in [0.25, 0.3) is 0 Å². The van der Waals surface area contributed by atoms with Crippen LogP contribution >= 0.6 is 0 Å². The quantitative estimate of drug-likeness (QED) is 0.389. The summed E-state index contributed by atoms with van der Waals surface area (Å²) in [5, 5.41) is 10.9. The molecule has 1 heteroatoms. The smallest absolute Gasteiger partial charge is 0.0594 e. The lowest BCUT2D eigenvalue weighted by Gasteiger charge is -2.73. The molecule has 0 bridgehead atoms. The molecule has 0 heterocycles. The minimum Gasteiger partial charge on any atom is -0.393 e. The van der Waals surface area contributed by atoms with Crippen LogP contribution in [0.4, 0.5) is 0 Å². The van der Waals surface area contributed by atoms with Crippen molar-refractivity contribution in [1.29, 1.82) is 0 Å². The zero-order valence-corrected chi connectivity index (χ0v) is 21.9. The number of allylic oxidation sites excluding steroid dienone is 2. The van der Waals surface area contributed by atoms with Crippen molar-refractivity contribution in [1.82, 2.24) is 0 Å². The third-order valence-electron chi connectivity index (χ3n) is 13.5. The molecule has 0 aliphatic heterocycles. The number of fused-ring (bicyclic) bond motifs is 7. The van der Waals surface area contributed by atoms with E-state index in [0.717, 1.165) is 30.1 Å². The molecule has 1 N–H and O–H groups in total. The van der Waals surface area contributed by atoms with Gasteiger partial charge in [0.1, 0.15) is 0 Å². The first kappa shape index (κ1) is 22.5. The Hall–Kier alpha value is -0.300. The van der Waals surface area contributed by atoms with Gasteiger partial charge in [0.15, 0.2) is 0 Å². The van der Waals surface area contributed by atoms with Crippen LogP contribution in [-0.2, 0) is 0 Å². The molecule has 1 nitrogen and oxygen atoms in total. The predicted octanol–water partition coefficient (Wildman–Crippen LogP) is 8.02. The van der Waals surface area contributed by atoms with Crippen molar-refractivity contribution in [2.45, 2.75) is 119 Å². The molecule has 0 aromatic rings. The molecule has 5 aliphatic rings. The Kier molecular flexibility index (Phi) is 4.82. The highest BCUT2D eigenvalue weighted by atomic mass is 16.3. The van der Waals surface area contributed by atoms with Crippen LogP contribution in [-0.4, -0.2) is 11.2 Å². The van der Waals surface area contributed by atoms with Gasteiger partial charge >= 0.3 is 0 Å². The number of aliphatic hydroxyl groups excluding tert-OH is 1. The molecule has 2 unspecified atom stereocenters. The molecule has 4 fully saturated rings. The van der Waals surface area contributed by atoms with Crippen molar-refractivity contribution in [3.8, 4) is 0 Å². The van der Waals surface area contributed by atoms with Crippen molar-refractivity contribution < 1.29 is 5.11 Å². The van der Waals surface area contributed by atoms with Gasteiger partial charge in [0.05, 0.1) is 6.10 Å². The zero-order valence-electron chi connectivity index (χ0n) is 21.9. The Balaban J connectivity index is 1.55. The third kappa shape index (κ3) is 2.65. The second-order valence-electron chi connectivity index (χ2n) is 14.7. The first-order valence-corrected chi connectivity index (χ1v) is 13.7. The van der Waals surface area contributed by atoms with E-state index in [1.54, 1.807) is 5.57 Å². The van der Waals surface area contributed by atoms with Crippen LogP contribution in [0.2, 0.25) is 0 Å². The SMILES string of the molecule is CC1=CC[C@]2(C)CC[C@]3(C)[C@H](CC[C@@H]4[C@@]5(C)CCC(O)C(C)(C)[C@@H]5CC[C@]43C)[C@H]2C1C. The van der Waals surface area contributed by atoms with Crippen molar-refractivity contribution in [3.63, 3.8) is 0 Å². The lowest BCUT2D eigenvalue weighted by Crippen LogP contribution is -2.67. The van der Waals surface area contributed by atoms with Gasteiger partial charge < -0.3 is 5.11 Å². The molecule has 5 rings (SSSR count). The highest BCUT2D eigenvalue weighted by Crippen LogP contribution is 2.76. The van der Waals surface area contributed by atoms with Crippen LogP contribution in [0.15, 0.2) is 11.6 Å². The van der Waals surface area contributed by atoms with Crippen LogP contribution in [0, 0.1) is 56.7 Å². The lowest BCUT2D eigenvalue weighted by atomic mass is 9.31. The van der Waals surface area contributed by atoms with E-state index >= 15 is 0 Å². The summed E-state index contributed by atoms with van der Waals surface area (Å²) >= 11 is 0. The molecule has 0 spiro atoms. The summed E-state index contributed by atoms with van der Waals surface area (Å²) in [4.78, 5) is 0. The van der Waals surface area contributed by atoms with Gasteiger partial charge in [0.2, 0.25) is 0 Å². The van der Waals surface area contributed by atoms with E-state index in [1.807, 2.05) is 0 Å². The van der Waals surface area contributed by atoms with E-state index in [9.17, 15) is 5.11 Å². The Morgan fingerprint density at radius 3 is 2.23 bits per heavy atom. The Bertz CT molecular complexity index is 779. The first-order valence-electron chi connectivity index (χ1n) is 13.7. The van der Waals surface area contributed by atoms with Gasteiger partial charge in [-0.25, -0.2) is 0 Å². The van der Waals surface area contributed by atoms with Crippen molar-refractivity contribution in [3.05, 3.63) is 11.6 Å². The maximum atomic E-state index is 10.9. The fourth-order valence-electron chi connectivity index (χ4n) is 11.3. The largest absolute Gasteiger partial charge is 0.393 e. The van der Waals surface area contributed by atoms with Gasteiger partial charge in [-0.1, -0.05) is 60.1 Å². The van der Waals surface area contributed by atoms with Gasteiger partial charge in [0.25, 0.3) is 0 Å². The Morgan fingerprint density at radius 2 is 1.52 bits per heavy atom. The summed E-state index contributed by atoms with van der Waals surface area (Å²) in [5.41, 5.74) is 3.58. The van der Waals surface area contributed by atoms with Crippen molar-refractivity contribution in [2.75, 3.05) is 0 Å². The van der Waals surface area contributed by atoms with Gasteiger partial charge in [-0.2, -0.15) is 0 Å². The normalized spacial score (nSPS) is 58.3. The predicted molar refractivity (Wildman–Crippen MR) is 131 cm³/mol. The van der Waals surface area contributed by atoms with Crippen LogP contribution in [0.5, 0.6) is 0 Å². The lowest BCUT2D eigenvalue weighted by molar-refractivity contribution is -0.250. The van der Waals surface area contributed by atoms with Crippen LogP contribution in [0.1, 0.15) is 113 Å². The summed E-state index contributed by atoms with van der Waals surface area (Å²) in [5.74, 6) is 4.00. The van der Waals surface area contributed by atoms with E-state index in [-0.39, 0.29) is 11.5 Å². The molecule has 0 saturated heterocycles. The second-order valence-corrected chi connectivity index (χ2v) is 14.7. The highest BCUT2D eigenvalue weighted by molar-refractivity contribution is 5.22. The molecule has 0 amide bonds. The number of hydrogen-bond acceptors (Lipinski definition) is 1. The Labute approximate surface area is 192 Å². The Morgan fingerprint density at radius 1 is 0.806 bits per heavy atom. The molecule has 176 valence electrons. The maximum Gasteiger partial charge on any atom is 0.0594 e. The topological polar surface area (TPSA) is 20.2 Å². The van der Waals surface area contributed by atoms with Gasteiger partial charge in [-0.15, -0.1) is 0 Å². The molecular weight excluding hydrogens is 376 g/mol. The van der Waals surface area contributed by atoms with Gasteiger partial charge in [0, 0.05) is 0 Å². The molecule has 31 heavy (non-hydrogen) atoms. The van der Waals surface area contributed by atoms with Crippen LogP contribution in [0.3, 0.4) is 0 Å². The number of aliphatic hydroxyl groups is 1. The summed E-state index contributed by atoms with van der Waals surface area (Å²) in [6, 6.07) is 0. The summed E-state index contributed by atoms with van der Waals surface area (Å²) in [6.07, 6.45) is 14.5. The van der Waals surface area contributed by atoms with Gasteiger partial charge in [-0.05, 0) is 121 Å². The zero-order chi connectivity index (χ0) is 22.6. The molecule has 5 aliphatic carbocycles. The van der Waals surface area contributed by atoms with Crippen LogP contribution < -0.4 is 0 Å². The highest BCUT2D eigenvalue weighted by Gasteiger charge is 2.69. The molecular formula is C30H50O. The van der Waals surface area contributed by atoms with Crippen molar-refractivity contribution in [2.24, 2.45) is 56.7 Å². The summed E-state index contributed by atoms with van der Waals surface area (Å²) in [7, 11) is 0. The minimum absolute atomic E-state index is 0.0665. The van der Waals surface area contributed by atoms with Crippen molar-refractivity contribution >= 4 is 0 Å². The standard InChI is InChI=1S/C30H50O/c1-19-11-14-27(5)17-18-29(7)21(25(27)20(19)2)9-10-23-28(6)15-13-24(31)26(3,4)22(28)12-16-30(23,29)8/h11,20-25,31H,9-10,12-18H2,1-8H3/t20?,21-,22+,23-,24?,25-,27-,28+,29-,30-/m1/s1. The number of hydrogen-bond donors (Lipinski definition) is 1. The fourth-order valence-corrected chi connectivity index (χ4v) is 11.3. The molecule has 0 aromatic carbocycles. The second kappa shape index (κ2) is 6.64. The van der Waals surface area contributed by atoms with E-state index in [0.29, 0.717) is 27.6 Å². The fraction of sp³-hybridized carbons (Fsp3) is 0.933. The average Bonchev–Trinajstić information content (AvgIpc) is 2.69.